The Morgan fingerprint density at radius 3 is 2.60 bits per heavy atom. The van der Waals surface area contributed by atoms with Crippen LogP contribution in [0.25, 0.3) is 0 Å². The second-order valence-electron chi connectivity index (χ2n) is 5.47. The molecule has 1 amide bonds. The first-order valence-corrected chi connectivity index (χ1v) is 7.35. The summed E-state index contributed by atoms with van der Waals surface area (Å²) in [6.07, 6.45) is 2.64. The molecular weight excluding hydrogens is 258 g/mol. The van der Waals surface area contributed by atoms with Crippen LogP contribution in [-0.2, 0) is 14.3 Å². The van der Waals surface area contributed by atoms with Gasteiger partial charge in [0.2, 0.25) is 5.91 Å². The van der Waals surface area contributed by atoms with E-state index in [2.05, 4.69) is 17.1 Å². The normalized spacial score (nSPS) is 18.1. The van der Waals surface area contributed by atoms with Crippen LogP contribution in [0.2, 0.25) is 0 Å². The van der Waals surface area contributed by atoms with Crippen molar-refractivity contribution in [2.45, 2.75) is 44.3 Å². The van der Waals surface area contributed by atoms with Gasteiger partial charge in [0.05, 0.1) is 13.2 Å². The molecule has 6 nitrogen and oxygen atoms in total. The average Bonchev–Trinajstić information content (AvgIpc) is 3.21. The first-order valence-electron chi connectivity index (χ1n) is 7.35. The molecule has 1 fully saturated rings. The van der Waals surface area contributed by atoms with Gasteiger partial charge in [-0.2, -0.15) is 0 Å². The van der Waals surface area contributed by atoms with Gasteiger partial charge >= 0.3 is 0 Å². The quantitative estimate of drug-likeness (QED) is 0.558. The van der Waals surface area contributed by atoms with Crippen molar-refractivity contribution in [3.63, 3.8) is 0 Å². The monoisotopic (exact) mass is 287 g/mol. The largest absolute Gasteiger partial charge is 0.383 e. The molecule has 6 heteroatoms. The lowest BCUT2D eigenvalue weighted by Gasteiger charge is -2.35. The molecule has 0 aromatic heterocycles. The molecule has 20 heavy (non-hydrogen) atoms. The minimum atomic E-state index is 0.0223. The molecule has 0 bridgehead atoms. The Kier molecular flexibility index (Phi) is 8.06. The van der Waals surface area contributed by atoms with E-state index in [0.717, 1.165) is 19.4 Å². The number of amides is 1. The molecule has 3 N–H and O–H groups in total. The van der Waals surface area contributed by atoms with Gasteiger partial charge in [-0.3, -0.25) is 9.69 Å². The predicted molar refractivity (Wildman–Crippen MR) is 78.5 cm³/mol. The van der Waals surface area contributed by atoms with Gasteiger partial charge in [0.1, 0.15) is 0 Å². The molecule has 1 saturated carbocycles. The summed E-state index contributed by atoms with van der Waals surface area (Å²) in [6, 6.07) is 0.622. The standard InChI is InChI=1S/C14H29N3O3/c1-11(10-20-3)17(6-7-19-2)13(9-15)8-14(18)16-12-4-5-12/h11-13H,4-10,15H2,1-3H3,(H,16,18). The summed E-state index contributed by atoms with van der Waals surface area (Å²) < 4.78 is 10.4. The molecule has 118 valence electrons. The molecule has 0 saturated heterocycles. The number of methoxy groups -OCH3 is 2. The number of carbonyl (C=O) groups is 1. The van der Waals surface area contributed by atoms with E-state index in [0.29, 0.717) is 32.2 Å². The van der Waals surface area contributed by atoms with Gasteiger partial charge in [-0.05, 0) is 19.8 Å². The first kappa shape index (κ1) is 17.4. The summed E-state index contributed by atoms with van der Waals surface area (Å²) in [4.78, 5) is 14.2. The maximum atomic E-state index is 12.0. The highest BCUT2D eigenvalue weighted by molar-refractivity contribution is 5.77. The molecule has 2 atom stereocenters. The number of hydrogen-bond donors (Lipinski definition) is 2. The van der Waals surface area contributed by atoms with E-state index in [1.165, 1.54) is 0 Å². The van der Waals surface area contributed by atoms with Crippen LogP contribution in [0.1, 0.15) is 26.2 Å². The molecule has 0 aromatic carbocycles. The van der Waals surface area contributed by atoms with Crippen molar-refractivity contribution in [1.29, 1.82) is 0 Å². The summed E-state index contributed by atoms with van der Waals surface area (Å²) in [5, 5.41) is 3.02. The number of carbonyl (C=O) groups excluding carboxylic acids is 1. The Morgan fingerprint density at radius 1 is 1.40 bits per heavy atom. The molecule has 0 heterocycles. The van der Waals surface area contributed by atoms with Crippen LogP contribution in [0.4, 0.5) is 0 Å². The molecule has 0 aromatic rings. The highest BCUT2D eigenvalue weighted by Gasteiger charge is 2.28. The van der Waals surface area contributed by atoms with E-state index in [-0.39, 0.29) is 18.0 Å². The number of nitrogens with two attached hydrogens (primary N) is 1. The van der Waals surface area contributed by atoms with Crippen LogP contribution in [0.3, 0.4) is 0 Å². The zero-order valence-electron chi connectivity index (χ0n) is 12.9. The van der Waals surface area contributed by atoms with Gasteiger partial charge in [-0.1, -0.05) is 0 Å². The fourth-order valence-electron chi connectivity index (χ4n) is 2.36. The third-order valence-electron chi connectivity index (χ3n) is 3.63. The van der Waals surface area contributed by atoms with E-state index in [1.54, 1.807) is 14.2 Å². The molecule has 1 rings (SSSR count). The maximum Gasteiger partial charge on any atom is 0.221 e. The lowest BCUT2D eigenvalue weighted by molar-refractivity contribution is -0.122. The SMILES string of the molecule is COCCN(C(C)COC)C(CN)CC(=O)NC1CC1. The second-order valence-corrected chi connectivity index (χ2v) is 5.47. The van der Waals surface area contributed by atoms with E-state index in [4.69, 9.17) is 15.2 Å². The molecule has 0 radical (unpaired) electrons. The van der Waals surface area contributed by atoms with Gasteiger partial charge in [0.25, 0.3) is 0 Å². The highest BCUT2D eigenvalue weighted by Crippen LogP contribution is 2.19. The van der Waals surface area contributed by atoms with Crippen molar-refractivity contribution < 1.29 is 14.3 Å². The Hall–Kier alpha value is -0.690. The van der Waals surface area contributed by atoms with Crippen LogP contribution in [-0.4, -0.2) is 69.5 Å². The van der Waals surface area contributed by atoms with Crippen LogP contribution in [0, 0.1) is 0 Å². The Balaban J connectivity index is 2.54. The lowest BCUT2D eigenvalue weighted by atomic mass is 10.1. The summed E-state index contributed by atoms with van der Waals surface area (Å²) in [5.41, 5.74) is 5.87. The highest BCUT2D eigenvalue weighted by atomic mass is 16.5. The minimum Gasteiger partial charge on any atom is -0.383 e. The van der Waals surface area contributed by atoms with Crippen molar-refractivity contribution in [1.82, 2.24) is 10.2 Å². The molecular formula is C14H29N3O3. The van der Waals surface area contributed by atoms with Crippen LogP contribution < -0.4 is 11.1 Å². The average molecular weight is 287 g/mol. The van der Waals surface area contributed by atoms with Gasteiger partial charge in [0.15, 0.2) is 0 Å². The lowest BCUT2D eigenvalue weighted by Crippen LogP contribution is -2.50. The number of nitrogens with one attached hydrogen (secondary N) is 1. The van der Waals surface area contributed by atoms with E-state index in [1.807, 2.05) is 0 Å². The third-order valence-corrected chi connectivity index (χ3v) is 3.63. The zero-order valence-corrected chi connectivity index (χ0v) is 12.9. The van der Waals surface area contributed by atoms with Gasteiger partial charge < -0.3 is 20.5 Å². The van der Waals surface area contributed by atoms with Crippen molar-refractivity contribution >= 4 is 5.91 Å². The smallest absolute Gasteiger partial charge is 0.221 e. The number of hydrogen-bond acceptors (Lipinski definition) is 5. The third kappa shape index (κ3) is 6.17. The van der Waals surface area contributed by atoms with Gasteiger partial charge in [-0.15, -0.1) is 0 Å². The minimum absolute atomic E-state index is 0.0223. The Bertz CT molecular complexity index is 285. The van der Waals surface area contributed by atoms with Crippen molar-refractivity contribution in [2.24, 2.45) is 5.73 Å². The summed E-state index contributed by atoms with van der Waals surface area (Å²) in [7, 11) is 3.36. The van der Waals surface area contributed by atoms with Crippen molar-refractivity contribution in [3.8, 4) is 0 Å². The topological polar surface area (TPSA) is 76.8 Å². The predicted octanol–water partition coefficient (Wildman–Crippen LogP) is -0.0343. The van der Waals surface area contributed by atoms with Crippen LogP contribution in [0.15, 0.2) is 0 Å². The summed E-state index contributed by atoms with van der Waals surface area (Å²) in [5.74, 6) is 0.0926. The second kappa shape index (κ2) is 9.28. The van der Waals surface area contributed by atoms with Gasteiger partial charge in [0, 0.05) is 51.9 Å². The number of rotatable bonds is 11. The molecule has 0 spiro atoms. The van der Waals surface area contributed by atoms with Crippen molar-refractivity contribution in [2.75, 3.05) is 40.5 Å². The van der Waals surface area contributed by atoms with E-state index in [9.17, 15) is 4.79 Å². The fourth-order valence-corrected chi connectivity index (χ4v) is 2.36. The van der Waals surface area contributed by atoms with E-state index >= 15 is 0 Å². The molecule has 1 aliphatic rings. The summed E-state index contributed by atoms with van der Waals surface area (Å²) in [6.45, 7) is 4.52. The van der Waals surface area contributed by atoms with Gasteiger partial charge in [-0.25, -0.2) is 0 Å². The molecule has 0 aliphatic heterocycles. The zero-order chi connectivity index (χ0) is 15.0. The Labute approximate surface area is 122 Å². The molecule has 1 aliphatic carbocycles. The number of ether oxygens (including phenoxy) is 2. The maximum absolute atomic E-state index is 12.0. The Morgan fingerprint density at radius 2 is 2.10 bits per heavy atom. The number of nitrogens with zero attached hydrogens (tertiary/aromatic N) is 1. The molecule has 2 unspecified atom stereocenters. The van der Waals surface area contributed by atoms with Crippen LogP contribution >= 0.6 is 0 Å². The van der Waals surface area contributed by atoms with Crippen molar-refractivity contribution in [3.05, 3.63) is 0 Å². The van der Waals surface area contributed by atoms with E-state index < -0.39 is 0 Å². The first-order chi connectivity index (χ1) is 9.62. The fraction of sp³-hybridized carbons (Fsp3) is 0.929. The van der Waals surface area contributed by atoms with Crippen LogP contribution in [0.5, 0.6) is 0 Å². The summed E-state index contributed by atoms with van der Waals surface area (Å²) >= 11 is 0.